The van der Waals surface area contributed by atoms with Crippen LogP contribution in [0.25, 0.3) is 0 Å². The lowest BCUT2D eigenvalue weighted by Crippen LogP contribution is -2.58. The van der Waals surface area contributed by atoms with Crippen molar-refractivity contribution >= 4 is 17.7 Å². The molecule has 2 atom stereocenters. The van der Waals surface area contributed by atoms with E-state index in [4.69, 9.17) is 0 Å². The van der Waals surface area contributed by atoms with Gasteiger partial charge in [0.1, 0.15) is 0 Å². The number of carbonyl (C=O) groups is 1. The van der Waals surface area contributed by atoms with Gasteiger partial charge in [-0.15, -0.1) is 0 Å². The van der Waals surface area contributed by atoms with Crippen molar-refractivity contribution in [3.8, 4) is 0 Å². The van der Waals surface area contributed by atoms with Crippen LogP contribution in [0.4, 0.5) is 0 Å². The molecule has 0 bridgehead atoms. The first-order chi connectivity index (χ1) is 6.36. The van der Waals surface area contributed by atoms with Crippen LogP contribution in [-0.2, 0) is 4.79 Å². The average Bonchev–Trinajstić information content (AvgIpc) is 2.19. The van der Waals surface area contributed by atoms with Gasteiger partial charge >= 0.3 is 0 Å². The normalized spacial score (nSPS) is 35.5. The fraction of sp³-hybridized carbons (Fsp3) is 0.875. The second kappa shape index (κ2) is 4.30. The van der Waals surface area contributed by atoms with Gasteiger partial charge in [0, 0.05) is 30.6 Å². The highest BCUT2D eigenvalue weighted by atomic mass is 32.2. The standard InChI is InChI=1S/C8H15N3OS/c12-8-5-10-3-6(11-8)7-4-9-1-2-13-7/h6-7,9-10H,1-5H2,(H,11,12). The Bertz CT molecular complexity index is 194. The third-order valence-electron chi connectivity index (χ3n) is 2.40. The maximum absolute atomic E-state index is 11.1. The monoisotopic (exact) mass is 201 g/mol. The predicted molar refractivity (Wildman–Crippen MR) is 53.9 cm³/mol. The smallest absolute Gasteiger partial charge is 0.234 e. The maximum Gasteiger partial charge on any atom is 0.234 e. The molecule has 0 aromatic heterocycles. The largest absolute Gasteiger partial charge is 0.350 e. The number of thioether (sulfide) groups is 1. The Kier molecular flexibility index (Phi) is 3.08. The number of nitrogens with one attached hydrogen (secondary N) is 3. The molecule has 0 saturated carbocycles. The summed E-state index contributed by atoms with van der Waals surface area (Å²) in [5, 5.41) is 10.0. The topological polar surface area (TPSA) is 53.2 Å². The van der Waals surface area contributed by atoms with Crippen LogP contribution in [0.15, 0.2) is 0 Å². The molecule has 4 nitrogen and oxygen atoms in total. The van der Waals surface area contributed by atoms with E-state index in [0.717, 1.165) is 25.4 Å². The van der Waals surface area contributed by atoms with Gasteiger partial charge in [0.15, 0.2) is 0 Å². The number of hydrogen-bond acceptors (Lipinski definition) is 4. The fourth-order valence-electron chi connectivity index (χ4n) is 1.72. The van der Waals surface area contributed by atoms with Crippen molar-refractivity contribution < 1.29 is 4.79 Å². The van der Waals surface area contributed by atoms with Crippen LogP contribution in [0.2, 0.25) is 0 Å². The van der Waals surface area contributed by atoms with Gasteiger partial charge in [0.05, 0.1) is 12.6 Å². The van der Waals surface area contributed by atoms with Crippen LogP contribution in [0, 0.1) is 0 Å². The zero-order valence-corrected chi connectivity index (χ0v) is 8.32. The first-order valence-electron chi connectivity index (χ1n) is 4.68. The first kappa shape index (κ1) is 9.30. The van der Waals surface area contributed by atoms with Crippen molar-refractivity contribution in [3.63, 3.8) is 0 Å². The molecule has 0 aromatic rings. The van der Waals surface area contributed by atoms with Crippen molar-refractivity contribution in [2.45, 2.75) is 11.3 Å². The van der Waals surface area contributed by atoms with E-state index in [0.29, 0.717) is 17.8 Å². The summed E-state index contributed by atoms with van der Waals surface area (Å²) >= 11 is 1.95. The van der Waals surface area contributed by atoms with Crippen LogP contribution in [0.5, 0.6) is 0 Å². The molecule has 2 aliphatic rings. The molecule has 2 heterocycles. The minimum Gasteiger partial charge on any atom is -0.350 e. The molecule has 0 spiro atoms. The molecular formula is C8H15N3OS. The molecule has 2 saturated heterocycles. The lowest BCUT2D eigenvalue weighted by Gasteiger charge is -2.33. The Morgan fingerprint density at radius 1 is 1.31 bits per heavy atom. The van der Waals surface area contributed by atoms with Gasteiger partial charge in [-0.3, -0.25) is 4.79 Å². The van der Waals surface area contributed by atoms with Gasteiger partial charge in [-0.25, -0.2) is 0 Å². The predicted octanol–water partition coefficient (Wildman–Crippen LogP) is -1.22. The number of rotatable bonds is 1. The summed E-state index contributed by atoms with van der Waals surface area (Å²) in [4.78, 5) is 11.1. The molecule has 1 amide bonds. The van der Waals surface area contributed by atoms with E-state index in [1.807, 2.05) is 11.8 Å². The summed E-state index contributed by atoms with van der Waals surface area (Å²) in [5.41, 5.74) is 0. The van der Waals surface area contributed by atoms with Gasteiger partial charge in [0.25, 0.3) is 0 Å². The highest BCUT2D eigenvalue weighted by Crippen LogP contribution is 2.17. The summed E-state index contributed by atoms with van der Waals surface area (Å²) < 4.78 is 0. The van der Waals surface area contributed by atoms with Crippen LogP contribution < -0.4 is 16.0 Å². The van der Waals surface area contributed by atoms with E-state index < -0.39 is 0 Å². The molecule has 2 rings (SSSR count). The molecule has 0 radical (unpaired) electrons. The zero-order chi connectivity index (χ0) is 9.10. The Morgan fingerprint density at radius 2 is 2.23 bits per heavy atom. The zero-order valence-electron chi connectivity index (χ0n) is 7.51. The van der Waals surface area contributed by atoms with Gasteiger partial charge < -0.3 is 16.0 Å². The van der Waals surface area contributed by atoms with E-state index in [1.165, 1.54) is 0 Å². The lowest BCUT2D eigenvalue weighted by atomic mass is 10.1. The molecule has 2 aliphatic heterocycles. The van der Waals surface area contributed by atoms with Crippen molar-refractivity contribution in [2.24, 2.45) is 0 Å². The van der Waals surface area contributed by atoms with E-state index in [2.05, 4.69) is 16.0 Å². The third-order valence-corrected chi connectivity index (χ3v) is 3.76. The molecular weight excluding hydrogens is 186 g/mol. The Labute approximate surface area is 82.2 Å². The van der Waals surface area contributed by atoms with Gasteiger partial charge in [-0.1, -0.05) is 0 Å². The summed E-state index contributed by atoms with van der Waals surface area (Å²) in [6, 6.07) is 0.305. The first-order valence-corrected chi connectivity index (χ1v) is 5.73. The van der Waals surface area contributed by atoms with Crippen LogP contribution in [0.1, 0.15) is 0 Å². The Balaban J connectivity index is 1.87. The minimum absolute atomic E-state index is 0.127. The molecule has 3 N–H and O–H groups in total. The minimum atomic E-state index is 0.127. The van der Waals surface area contributed by atoms with E-state index in [9.17, 15) is 4.79 Å². The Hall–Kier alpha value is -0.260. The fourth-order valence-corrected chi connectivity index (χ4v) is 2.92. The van der Waals surface area contributed by atoms with Crippen molar-refractivity contribution in [1.82, 2.24) is 16.0 Å². The molecule has 2 unspecified atom stereocenters. The maximum atomic E-state index is 11.1. The quantitative estimate of drug-likeness (QED) is 0.498. The molecule has 0 aromatic carbocycles. The van der Waals surface area contributed by atoms with Gasteiger partial charge in [0.2, 0.25) is 5.91 Å². The number of hydrogen-bond donors (Lipinski definition) is 3. The van der Waals surface area contributed by atoms with Crippen molar-refractivity contribution in [3.05, 3.63) is 0 Å². The summed E-state index contributed by atoms with van der Waals surface area (Å²) in [7, 11) is 0. The van der Waals surface area contributed by atoms with Crippen molar-refractivity contribution in [1.29, 1.82) is 0 Å². The Morgan fingerprint density at radius 3 is 2.92 bits per heavy atom. The summed E-state index contributed by atoms with van der Waals surface area (Å²) in [5.74, 6) is 1.28. The lowest BCUT2D eigenvalue weighted by molar-refractivity contribution is -0.122. The number of amides is 1. The van der Waals surface area contributed by atoms with E-state index >= 15 is 0 Å². The number of piperazine rings is 1. The molecule has 13 heavy (non-hydrogen) atoms. The molecule has 74 valence electrons. The van der Waals surface area contributed by atoms with Crippen LogP contribution in [0.3, 0.4) is 0 Å². The van der Waals surface area contributed by atoms with Crippen LogP contribution in [-0.4, -0.2) is 49.1 Å². The second-order valence-corrected chi connectivity index (χ2v) is 4.77. The average molecular weight is 201 g/mol. The van der Waals surface area contributed by atoms with Gasteiger partial charge in [-0.2, -0.15) is 11.8 Å². The van der Waals surface area contributed by atoms with E-state index in [1.54, 1.807) is 0 Å². The molecule has 5 heteroatoms. The molecule has 0 aliphatic carbocycles. The number of carbonyl (C=O) groups excluding carboxylic acids is 1. The summed E-state index contributed by atoms with van der Waals surface area (Å²) in [6.07, 6.45) is 0. The van der Waals surface area contributed by atoms with Crippen molar-refractivity contribution in [2.75, 3.05) is 31.9 Å². The summed E-state index contributed by atoms with van der Waals surface area (Å²) in [6.45, 7) is 3.49. The highest BCUT2D eigenvalue weighted by Gasteiger charge is 2.27. The molecule has 2 fully saturated rings. The SMILES string of the molecule is O=C1CNCC(C2CNCCS2)N1. The third kappa shape index (κ3) is 2.36. The highest BCUT2D eigenvalue weighted by molar-refractivity contribution is 8.00. The van der Waals surface area contributed by atoms with E-state index in [-0.39, 0.29) is 5.91 Å². The van der Waals surface area contributed by atoms with Crippen LogP contribution >= 0.6 is 11.8 Å². The van der Waals surface area contributed by atoms with Gasteiger partial charge in [-0.05, 0) is 0 Å². The second-order valence-electron chi connectivity index (χ2n) is 3.42.